The van der Waals surface area contributed by atoms with Crippen molar-refractivity contribution in [3.63, 3.8) is 0 Å². The fourth-order valence-electron chi connectivity index (χ4n) is 4.96. The van der Waals surface area contributed by atoms with Crippen LogP contribution in [0.5, 0.6) is 0 Å². The molecule has 35 heavy (non-hydrogen) atoms. The molecule has 2 aromatic carbocycles. The minimum atomic E-state index is -0.0217. The first-order valence-corrected chi connectivity index (χ1v) is 12.3. The largest absolute Gasteiger partial charge is 0.368 e. The number of hydrogen-bond donors (Lipinski definition) is 1. The van der Waals surface area contributed by atoms with E-state index in [1.54, 1.807) is 18.0 Å². The highest BCUT2D eigenvalue weighted by atomic mass is 16.2. The Hall–Kier alpha value is -3.63. The van der Waals surface area contributed by atoms with E-state index in [9.17, 15) is 14.9 Å². The van der Waals surface area contributed by atoms with Gasteiger partial charge in [-0.3, -0.25) is 14.5 Å². The van der Waals surface area contributed by atoms with Gasteiger partial charge in [0.2, 0.25) is 5.91 Å². The Labute approximate surface area is 207 Å². The fourth-order valence-corrected chi connectivity index (χ4v) is 4.96. The zero-order chi connectivity index (χ0) is 24.9. The second kappa shape index (κ2) is 10.7. The molecule has 7 heteroatoms. The van der Waals surface area contributed by atoms with Crippen molar-refractivity contribution in [1.82, 2.24) is 9.80 Å². The summed E-state index contributed by atoms with van der Waals surface area (Å²) in [6.07, 6.45) is 5.54. The van der Waals surface area contributed by atoms with Crippen molar-refractivity contribution in [3.05, 3.63) is 71.4 Å². The second-order valence-electron chi connectivity index (χ2n) is 9.16. The molecule has 2 aliphatic heterocycles. The second-order valence-corrected chi connectivity index (χ2v) is 9.16. The van der Waals surface area contributed by atoms with Crippen molar-refractivity contribution in [2.75, 3.05) is 43.4 Å². The highest BCUT2D eigenvalue weighted by Gasteiger charge is 2.29. The number of amides is 2. The van der Waals surface area contributed by atoms with Crippen molar-refractivity contribution >= 4 is 23.2 Å². The van der Waals surface area contributed by atoms with Crippen molar-refractivity contribution in [2.45, 2.75) is 32.7 Å². The van der Waals surface area contributed by atoms with Crippen LogP contribution >= 0.6 is 0 Å². The lowest BCUT2D eigenvalue weighted by Gasteiger charge is -2.39. The standard InChI is InChI=1S/C28H33N5O2/c1-4-20(5-2)27(34)30-22-10-11-25(21(18-22)19-29)32-14-16-33(17-15-32)26-12-13-31(3)28(35)24-9-7-6-8-23(24)26/h6-13,18,20,26H,4-5,14-17H2,1-3H3,(H,30,34). The van der Waals surface area contributed by atoms with Gasteiger partial charge in [0, 0.05) is 56.6 Å². The van der Waals surface area contributed by atoms with E-state index < -0.39 is 0 Å². The number of benzene rings is 2. The number of carbonyl (C=O) groups excluding carboxylic acids is 2. The van der Waals surface area contributed by atoms with Crippen LogP contribution in [0, 0.1) is 17.2 Å². The first-order chi connectivity index (χ1) is 17.0. The average Bonchev–Trinajstić information content (AvgIpc) is 3.01. The van der Waals surface area contributed by atoms with Crippen LogP contribution in [0.2, 0.25) is 0 Å². The van der Waals surface area contributed by atoms with Crippen molar-refractivity contribution < 1.29 is 9.59 Å². The maximum Gasteiger partial charge on any atom is 0.257 e. The molecule has 1 unspecified atom stereocenters. The summed E-state index contributed by atoms with van der Waals surface area (Å²) in [5.41, 5.74) is 3.88. The number of piperazine rings is 1. The van der Waals surface area contributed by atoms with Gasteiger partial charge in [-0.25, -0.2) is 0 Å². The Morgan fingerprint density at radius 3 is 2.51 bits per heavy atom. The number of fused-ring (bicyclic) bond motifs is 1. The lowest BCUT2D eigenvalue weighted by Crippen LogP contribution is -2.47. The number of hydrogen-bond acceptors (Lipinski definition) is 5. The van der Waals surface area contributed by atoms with Gasteiger partial charge in [-0.1, -0.05) is 32.0 Å². The summed E-state index contributed by atoms with van der Waals surface area (Å²) in [7, 11) is 1.79. The first-order valence-electron chi connectivity index (χ1n) is 12.3. The van der Waals surface area contributed by atoms with E-state index in [1.165, 1.54) is 0 Å². The molecular weight excluding hydrogens is 438 g/mol. The van der Waals surface area contributed by atoms with Gasteiger partial charge in [0.1, 0.15) is 6.07 Å². The summed E-state index contributed by atoms with van der Waals surface area (Å²) in [4.78, 5) is 31.4. The van der Waals surface area contributed by atoms with Gasteiger partial charge in [0.25, 0.3) is 5.91 Å². The molecule has 0 aromatic heterocycles. The van der Waals surface area contributed by atoms with E-state index >= 15 is 0 Å². The summed E-state index contributed by atoms with van der Waals surface area (Å²) in [5, 5.41) is 12.8. The molecule has 2 amide bonds. The first kappa shape index (κ1) is 24.5. The highest BCUT2D eigenvalue weighted by Crippen LogP contribution is 2.32. The number of rotatable bonds is 6. The molecule has 1 atom stereocenters. The van der Waals surface area contributed by atoms with Crippen LogP contribution in [0.25, 0.3) is 0 Å². The molecule has 1 saturated heterocycles. The number of carbonyl (C=O) groups is 2. The molecule has 1 N–H and O–H groups in total. The van der Waals surface area contributed by atoms with Crippen LogP contribution in [-0.2, 0) is 4.79 Å². The van der Waals surface area contributed by atoms with Gasteiger partial charge in [-0.05, 0) is 48.7 Å². The monoisotopic (exact) mass is 471 g/mol. The Balaban J connectivity index is 1.48. The number of nitrogens with one attached hydrogen (secondary N) is 1. The normalized spacial score (nSPS) is 18.3. The van der Waals surface area contributed by atoms with E-state index in [0.717, 1.165) is 55.8 Å². The number of anilines is 2. The molecule has 2 aromatic rings. The lowest BCUT2D eigenvalue weighted by molar-refractivity contribution is -0.120. The van der Waals surface area contributed by atoms with E-state index in [2.05, 4.69) is 27.3 Å². The SMILES string of the molecule is CCC(CC)C(=O)Nc1ccc(N2CCN(C3C=CN(C)C(=O)c4ccccc43)CC2)c(C#N)c1. The summed E-state index contributed by atoms with van der Waals surface area (Å²) in [5.74, 6) is -0.0133. The van der Waals surface area contributed by atoms with Crippen molar-refractivity contribution in [2.24, 2.45) is 5.92 Å². The predicted octanol–water partition coefficient (Wildman–Crippen LogP) is 4.40. The van der Waals surface area contributed by atoms with Gasteiger partial charge in [-0.15, -0.1) is 0 Å². The van der Waals surface area contributed by atoms with E-state index in [-0.39, 0.29) is 23.8 Å². The molecule has 2 aliphatic rings. The van der Waals surface area contributed by atoms with E-state index in [4.69, 9.17) is 0 Å². The van der Waals surface area contributed by atoms with Gasteiger partial charge >= 0.3 is 0 Å². The molecule has 0 bridgehead atoms. The number of nitrogens with zero attached hydrogens (tertiary/aromatic N) is 4. The lowest BCUT2D eigenvalue weighted by atomic mass is 9.98. The van der Waals surface area contributed by atoms with Gasteiger partial charge in [-0.2, -0.15) is 5.26 Å². The zero-order valence-electron chi connectivity index (χ0n) is 20.7. The van der Waals surface area contributed by atoms with Crippen molar-refractivity contribution in [3.8, 4) is 6.07 Å². The quantitative estimate of drug-likeness (QED) is 0.676. The summed E-state index contributed by atoms with van der Waals surface area (Å²) in [6.45, 7) is 7.17. The minimum absolute atomic E-state index is 0.00103. The summed E-state index contributed by atoms with van der Waals surface area (Å²) in [6, 6.07) is 15.8. The topological polar surface area (TPSA) is 79.7 Å². The van der Waals surface area contributed by atoms with E-state index in [0.29, 0.717) is 11.3 Å². The Bertz CT molecular complexity index is 1160. The fraction of sp³-hybridized carbons (Fsp3) is 0.393. The van der Waals surface area contributed by atoms with Crippen LogP contribution < -0.4 is 10.2 Å². The van der Waals surface area contributed by atoms with Crippen molar-refractivity contribution in [1.29, 1.82) is 5.26 Å². The van der Waals surface area contributed by atoms with Crippen LogP contribution in [0.15, 0.2) is 54.7 Å². The van der Waals surface area contributed by atoms with Gasteiger partial charge < -0.3 is 15.1 Å². The Morgan fingerprint density at radius 2 is 1.83 bits per heavy atom. The van der Waals surface area contributed by atoms with Gasteiger partial charge in [0.15, 0.2) is 0 Å². The Morgan fingerprint density at radius 1 is 1.11 bits per heavy atom. The molecule has 1 fully saturated rings. The Kier molecular flexibility index (Phi) is 7.52. The highest BCUT2D eigenvalue weighted by molar-refractivity contribution is 5.97. The predicted molar refractivity (Wildman–Crippen MR) is 138 cm³/mol. The molecular formula is C28H33N5O2. The molecule has 0 spiro atoms. The molecule has 2 heterocycles. The zero-order valence-corrected chi connectivity index (χ0v) is 20.7. The van der Waals surface area contributed by atoms with Crippen LogP contribution in [0.3, 0.4) is 0 Å². The van der Waals surface area contributed by atoms with Crippen LogP contribution in [0.4, 0.5) is 11.4 Å². The van der Waals surface area contributed by atoms with E-state index in [1.807, 2.05) is 56.4 Å². The summed E-state index contributed by atoms with van der Waals surface area (Å²) >= 11 is 0. The number of nitriles is 1. The molecule has 0 aliphatic carbocycles. The maximum absolute atomic E-state index is 12.7. The maximum atomic E-state index is 12.7. The smallest absolute Gasteiger partial charge is 0.257 e. The van der Waals surface area contributed by atoms with Gasteiger partial charge in [0.05, 0.1) is 17.3 Å². The third-order valence-corrected chi connectivity index (χ3v) is 7.11. The third-order valence-electron chi connectivity index (χ3n) is 7.11. The van der Waals surface area contributed by atoms with Crippen LogP contribution in [-0.4, -0.2) is 54.8 Å². The molecule has 7 nitrogen and oxygen atoms in total. The third kappa shape index (κ3) is 5.08. The summed E-state index contributed by atoms with van der Waals surface area (Å²) < 4.78 is 0. The average molecular weight is 472 g/mol. The molecule has 4 rings (SSSR count). The minimum Gasteiger partial charge on any atom is -0.368 e. The molecule has 0 saturated carbocycles. The van der Waals surface area contributed by atoms with Crippen LogP contribution in [0.1, 0.15) is 54.2 Å². The molecule has 0 radical (unpaired) electrons. The molecule has 182 valence electrons.